The van der Waals surface area contributed by atoms with Gasteiger partial charge in [-0.15, -0.1) is 0 Å². The van der Waals surface area contributed by atoms with Crippen LogP contribution in [-0.4, -0.2) is 6.61 Å². The van der Waals surface area contributed by atoms with Gasteiger partial charge in [0.2, 0.25) is 0 Å². The molecule has 0 aliphatic carbocycles. The minimum Gasteiger partial charge on any atom is -0.493 e. The van der Waals surface area contributed by atoms with Crippen molar-refractivity contribution in [3.05, 3.63) is 35.9 Å². The Morgan fingerprint density at radius 3 is 2.60 bits per heavy atom. The summed E-state index contributed by atoms with van der Waals surface area (Å²) in [4.78, 5) is 0. The van der Waals surface area contributed by atoms with Gasteiger partial charge in [-0.05, 0) is 18.9 Å². The first kappa shape index (κ1) is 13.8. The van der Waals surface area contributed by atoms with Gasteiger partial charge in [0.1, 0.15) is 5.75 Å². The lowest BCUT2D eigenvalue weighted by molar-refractivity contribution is 0.317. The molecule has 0 atom stereocenters. The zero-order chi connectivity index (χ0) is 10.2. The molecule has 0 bridgehead atoms. The number of rotatable bonds is 5. The largest absolute Gasteiger partial charge is 0.493 e. The highest BCUT2D eigenvalue weighted by Crippen LogP contribution is 2.19. The molecule has 0 spiro atoms. The van der Waals surface area contributed by atoms with Crippen molar-refractivity contribution >= 4 is 6.08 Å². The number of para-hydroxylation sites is 1. The molecular weight excluding hydrogens is 184 g/mol. The van der Waals surface area contributed by atoms with Crippen LogP contribution in [0.4, 0.5) is 0 Å². The number of hydrogen-bond donors (Lipinski definition) is 0. The summed E-state index contributed by atoms with van der Waals surface area (Å²) in [6, 6.07) is 8.14. The Morgan fingerprint density at radius 1 is 1.20 bits per heavy atom. The van der Waals surface area contributed by atoms with Crippen molar-refractivity contribution in [1.29, 1.82) is 0 Å². The van der Waals surface area contributed by atoms with Gasteiger partial charge < -0.3 is 4.74 Å². The molecule has 0 heterocycles. The predicted molar refractivity (Wildman–Crippen MR) is 68.3 cm³/mol. The molecule has 15 heavy (non-hydrogen) atoms. The van der Waals surface area contributed by atoms with Gasteiger partial charge >= 0.3 is 0 Å². The molecule has 0 N–H and O–H groups in total. The van der Waals surface area contributed by atoms with Crippen LogP contribution in [0.15, 0.2) is 30.3 Å². The fraction of sp³-hybridized carbons (Fsp3) is 0.429. The van der Waals surface area contributed by atoms with Gasteiger partial charge in [0.25, 0.3) is 0 Å². The number of hydrogen-bond acceptors (Lipinski definition) is 1. The maximum Gasteiger partial charge on any atom is 0.126 e. The molecule has 0 saturated heterocycles. The second-order valence-corrected chi connectivity index (χ2v) is 3.20. The normalized spacial score (nSPS) is 10.0. The van der Waals surface area contributed by atoms with E-state index in [0.717, 1.165) is 25.2 Å². The number of benzene rings is 1. The van der Waals surface area contributed by atoms with Crippen molar-refractivity contribution in [1.82, 2.24) is 0 Å². The van der Waals surface area contributed by atoms with Crippen molar-refractivity contribution in [3.8, 4) is 5.75 Å². The van der Waals surface area contributed by atoms with Crippen LogP contribution >= 0.6 is 0 Å². The molecule has 0 aromatic heterocycles. The van der Waals surface area contributed by atoms with Gasteiger partial charge in [-0.25, -0.2) is 0 Å². The SMILES string of the molecule is C.CC/C=C/c1ccccc1OCCC. The van der Waals surface area contributed by atoms with E-state index in [2.05, 4.69) is 32.1 Å². The topological polar surface area (TPSA) is 9.23 Å². The van der Waals surface area contributed by atoms with Crippen LogP contribution in [-0.2, 0) is 0 Å². The molecule has 0 radical (unpaired) electrons. The van der Waals surface area contributed by atoms with Crippen LogP contribution in [0.25, 0.3) is 6.08 Å². The van der Waals surface area contributed by atoms with E-state index >= 15 is 0 Å². The Bertz CT molecular complexity index is 289. The van der Waals surface area contributed by atoms with Gasteiger partial charge in [0.05, 0.1) is 6.61 Å². The quantitative estimate of drug-likeness (QED) is 0.687. The Morgan fingerprint density at radius 2 is 1.93 bits per heavy atom. The average molecular weight is 206 g/mol. The second kappa shape index (κ2) is 8.10. The molecule has 0 unspecified atom stereocenters. The minimum absolute atomic E-state index is 0. The van der Waals surface area contributed by atoms with Crippen LogP contribution in [0, 0.1) is 0 Å². The molecule has 1 aromatic carbocycles. The summed E-state index contributed by atoms with van der Waals surface area (Å²) in [6.45, 7) is 5.04. The molecule has 0 amide bonds. The average Bonchev–Trinajstić information content (AvgIpc) is 2.24. The van der Waals surface area contributed by atoms with Crippen molar-refractivity contribution in [3.63, 3.8) is 0 Å². The zero-order valence-corrected chi connectivity index (χ0v) is 8.99. The highest BCUT2D eigenvalue weighted by atomic mass is 16.5. The number of allylic oxidation sites excluding steroid dienone is 1. The molecule has 0 fully saturated rings. The Labute approximate surface area is 93.8 Å². The standard InChI is InChI=1S/C13H18O.CH4/c1-3-5-8-12-9-6-7-10-13(12)14-11-4-2;/h5-10H,3-4,11H2,1-2H3;1H4/b8-5+;. The molecule has 1 aromatic rings. The minimum atomic E-state index is 0. The van der Waals surface area contributed by atoms with E-state index in [1.54, 1.807) is 0 Å². The fourth-order valence-corrected chi connectivity index (χ4v) is 1.21. The second-order valence-electron chi connectivity index (χ2n) is 3.20. The molecule has 0 saturated carbocycles. The van der Waals surface area contributed by atoms with E-state index in [-0.39, 0.29) is 7.43 Å². The Hall–Kier alpha value is -1.24. The summed E-state index contributed by atoms with van der Waals surface area (Å²) in [5, 5.41) is 0. The van der Waals surface area contributed by atoms with Gasteiger partial charge in [-0.3, -0.25) is 0 Å². The van der Waals surface area contributed by atoms with Crippen molar-refractivity contribution in [2.24, 2.45) is 0 Å². The lowest BCUT2D eigenvalue weighted by atomic mass is 10.2. The van der Waals surface area contributed by atoms with Crippen LogP contribution in [0.5, 0.6) is 5.75 Å². The molecule has 84 valence electrons. The van der Waals surface area contributed by atoms with Gasteiger partial charge in [-0.2, -0.15) is 0 Å². The summed E-state index contributed by atoms with van der Waals surface area (Å²) in [5.41, 5.74) is 1.17. The maximum absolute atomic E-state index is 5.63. The van der Waals surface area contributed by atoms with Gasteiger partial charge in [0.15, 0.2) is 0 Å². The third-order valence-corrected chi connectivity index (χ3v) is 1.91. The van der Waals surface area contributed by atoms with Crippen LogP contribution in [0.3, 0.4) is 0 Å². The third-order valence-electron chi connectivity index (χ3n) is 1.91. The lowest BCUT2D eigenvalue weighted by Gasteiger charge is -2.07. The maximum atomic E-state index is 5.63. The number of ether oxygens (including phenoxy) is 1. The summed E-state index contributed by atoms with van der Waals surface area (Å²) < 4.78 is 5.63. The smallest absolute Gasteiger partial charge is 0.126 e. The lowest BCUT2D eigenvalue weighted by Crippen LogP contribution is -1.96. The first-order valence-corrected chi connectivity index (χ1v) is 5.26. The predicted octanol–water partition coefficient (Wildman–Crippen LogP) is 4.53. The third kappa shape index (κ3) is 4.68. The molecule has 0 aliphatic heterocycles. The van der Waals surface area contributed by atoms with Crippen LogP contribution < -0.4 is 4.74 Å². The van der Waals surface area contributed by atoms with Crippen molar-refractivity contribution in [2.45, 2.75) is 34.1 Å². The Balaban J connectivity index is 0.00000196. The molecule has 1 heteroatoms. The van der Waals surface area contributed by atoms with E-state index in [1.807, 2.05) is 18.2 Å². The molecule has 1 rings (SSSR count). The summed E-state index contributed by atoms with van der Waals surface area (Å²) in [7, 11) is 0. The van der Waals surface area contributed by atoms with Crippen LogP contribution in [0.1, 0.15) is 39.7 Å². The Kier molecular flexibility index (Phi) is 7.43. The first-order valence-electron chi connectivity index (χ1n) is 5.26. The van der Waals surface area contributed by atoms with E-state index < -0.39 is 0 Å². The monoisotopic (exact) mass is 206 g/mol. The van der Waals surface area contributed by atoms with E-state index in [0.29, 0.717) is 0 Å². The molecule has 0 aliphatic rings. The van der Waals surface area contributed by atoms with Crippen molar-refractivity contribution < 1.29 is 4.74 Å². The zero-order valence-electron chi connectivity index (χ0n) is 8.99. The van der Waals surface area contributed by atoms with E-state index in [1.165, 1.54) is 5.56 Å². The van der Waals surface area contributed by atoms with Crippen molar-refractivity contribution in [2.75, 3.05) is 6.61 Å². The fourth-order valence-electron chi connectivity index (χ4n) is 1.21. The highest BCUT2D eigenvalue weighted by molar-refractivity contribution is 5.56. The summed E-state index contributed by atoms with van der Waals surface area (Å²) in [5.74, 6) is 0.985. The van der Waals surface area contributed by atoms with E-state index in [4.69, 9.17) is 4.74 Å². The van der Waals surface area contributed by atoms with E-state index in [9.17, 15) is 0 Å². The summed E-state index contributed by atoms with van der Waals surface area (Å²) in [6.07, 6.45) is 6.37. The van der Waals surface area contributed by atoms with Crippen LogP contribution in [0.2, 0.25) is 0 Å². The summed E-state index contributed by atoms with van der Waals surface area (Å²) >= 11 is 0. The van der Waals surface area contributed by atoms with Gasteiger partial charge in [-0.1, -0.05) is 51.6 Å². The molecular formula is C14H22O. The first-order chi connectivity index (χ1) is 6.88. The molecule has 1 nitrogen and oxygen atoms in total. The highest BCUT2D eigenvalue weighted by Gasteiger charge is 1.97. The van der Waals surface area contributed by atoms with Gasteiger partial charge in [0, 0.05) is 5.56 Å².